The van der Waals surface area contributed by atoms with E-state index in [1.54, 1.807) is 0 Å². The number of fused-ring (bicyclic) bond motifs is 3. The summed E-state index contributed by atoms with van der Waals surface area (Å²) in [5.41, 5.74) is 1.97. The summed E-state index contributed by atoms with van der Waals surface area (Å²) in [7, 11) is 0. The van der Waals surface area contributed by atoms with Crippen LogP contribution in [0.2, 0.25) is 10.0 Å². The highest BCUT2D eigenvalue weighted by Gasteiger charge is 2.18. The summed E-state index contributed by atoms with van der Waals surface area (Å²) in [6.45, 7) is 1.89. The molecule has 1 atom stereocenters. The first-order chi connectivity index (χ1) is 12.5. The van der Waals surface area contributed by atoms with Crippen LogP contribution in [-0.2, 0) is 6.54 Å². The molecule has 0 spiro atoms. The van der Waals surface area contributed by atoms with Gasteiger partial charge in [0, 0.05) is 31.9 Å². The molecular weight excluding hydrogens is 375 g/mol. The Balaban J connectivity index is 1.95. The van der Waals surface area contributed by atoms with Crippen molar-refractivity contribution in [3.63, 3.8) is 0 Å². The van der Waals surface area contributed by atoms with Gasteiger partial charge in [0.2, 0.25) is 0 Å². The van der Waals surface area contributed by atoms with E-state index in [-0.39, 0.29) is 13.2 Å². The molecule has 0 aliphatic rings. The molecule has 7 heteroatoms. The Morgan fingerprint density at radius 2 is 1.38 bits per heavy atom. The average molecular weight is 398 g/mol. The van der Waals surface area contributed by atoms with Gasteiger partial charge in [-0.2, -0.15) is 0 Å². The Morgan fingerprint density at radius 1 is 0.885 bits per heavy atom. The van der Waals surface area contributed by atoms with Gasteiger partial charge in [-0.1, -0.05) is 23.2 Å². The summed E-state index contributed by atoms with van der Waals surface area (Å²) in [5.74, 6) is 0. The van der Waals surface area contributed by atoms with Crippen molar-refractivity contribution in [2.75, 3.05) is 32.8 Å². The number of hydrogen-bond donors (Lipinski definition) is 4. The Hall–Kier alpha value is -1.34. The van der Waals surface area contributed by atoms with Crippen molar-refractivity contribution in [3.05, 3.63) is 46.4 Å². The first-order valence-electron chi connectivity index (χ1n) is 8.64. The summed E-state index contributed by atoms with van der Waals surface area (Å²) in [6, 6.07) is 11.4. The van der Waals surface area contributed by atoms with Gasteiger partial charge >= 0.3 is 0 Å². The fourth-order valence-electron chi connectivity index (χ4n) is 3.50. The topological polar surface area (TPSA) is 70.1 Å². The molecule has 0 radical (unpaired) electrons. The maximum Gasteiger partial charge on any atom is 0.121 e. The minimum Gasteiger partial charge on any atom is -0.391 e. The van der Waals surface area contributed by atoms with Gasteiger partial charge in [0.05, 0.1) is 19.8 Å². The summed E-state index contributed by atoms with van der Waals surface area (Å²) >= 11 is 12.3. The molecule has 4 N–H and O–H groups in total. The Bertz CT molecular complexity index is 832. The Kier molecular flexibility index (Phi) is 6.40. The lowest BCUT2D eigenvalue weighted by molar-refractivity contribution is -0.904. The zero-order chi connectivity index (χ0) is 18.7. The average Bonchev–Trinajstić information content (AvgIpc) is 2.88. The van der Waals surface area contributed by atoms with Gasteiger partial charge in [0.1, 0.15) is 25.7 Å². The molecule has 0 saturated carbocycles. The molecule has 0 unspecified atom stereocenters. The molecule has 0 saturated heterocycles. The number of aliphatic hydroxyl groups excluding tert-OH is 3. The van der Waals surface area contributed by atoms with Gasteiger partial charge in [-0.3, -0.25) is 0 Å². The number of nitrogens with one attached hydrogen (secondary N) is 1. The lowest BCUT2D eigenvalue weighted by Crippen LogP contribution is -3.14. The first-order valence-corrected chi connectivity index (χ1v) is 9.39. The van der Waals surface area contributed by atoms with Crippen LogP contribution in [0.25, 0.3) is 21.8 Å². The molecular formula is C19H23Cl2N2O3+. The van der Waals surface area contributed by atoms with E-state index in [1.165, 1.54) is 0 Å². The van der Waals surface area contributed by atoms with Crippen LogP contribution < -0.4 is 4.90 Å². The smallest absolute Gasteiger partial charge is 0.121 e. The van der Waals surface area contributed by atoms with Gasteiger partial charge in [-0.25, -0.2) is 0 Å². The van der Waals surface area contributed by atoms with Crippen molar-refractivity contribution < 1.29 is 20.2 Å². The zero-order valence-corrected chi connectivity index (χ0v) is 15.8. The fraction of sp³-hybridized carbons (Fsp3) is 0.368. The number of aliphatic hydroxyl groups is 3. The minimum atomic E-state index is -0.617. The van der Waals surface area contributed by atoms with Crippen molar-refractivity contribution in [2.45, 2.75) is 12.6 Å². The third-order valence-corrected chi connectivity index (χ3v) is 5.11. The van der Waals surface area contributed by atoms with Crippen LogP contribution in [0.1, 0.15) is 0 Å². The second-order valence-corrected chi connectivity index (χ2v) is 7.36. The minimum absolute atomic E-state index is 0.0223. The van der Waals surface area contributed by atoms with Gasteiger partial charge in [-0.15, -0.1) is 0 Å². The van der Waals surface area contributed by atoms with Gasteiger partial charge in [-0.05, 0) is 36.4 Å². The van der Waals surface area contributed by atoms with Crippen LogP contribution >= 0.6 is 23.2 Å². The number of aromatic nitrogens is 1. The summed E-state index contributed by atoms with van der Waals surface area (Å²) in [5, 5.41) is 32.2. The van der Waals surface area contributed by atoms with Crippen molar-refractivity contribution in [3.8, 4) is 0 Å². The van der Waals surface area contributed by atoms with Crippen LogP contribution in [-0.4, -0.2) is 58.8 Å². The predicted molar refractivity (Wildman–Crippen MR) is 105 cm³/mol. The quantitative estimate of drug-likeness (QED) is 0.463. The van der Waals surface area contributed by atoms with Crippen LogP contribution in [0.5, 0.6) is 0 Å². The summed E-state index contributed by atoms with van der Waals surface area (Å²) < 4.78 is 2.07. The number of quaternary nitrogens is 1. The molecule has 140 valence electrons. The molecule has 0 fully saturated rings. The highest BCUT2D eigenvalue weighted by Crippen LogP contribution is 2.32. The third kappa shape index (κ3) is 4.14. The second kappa shape index (κ2) is 8.57. The van der Waals surface area contributed by atoms with Gasteiger partial charge in [0.25, 0.3) is 0 Å². The van der Waals surface area contributed by atoms with Crippen LogP contribution in [0.4, 0.5) is 0 Å². The number of halogens is 2. The molecule has 5 nitrogen and oxygen atoms in total. The molecule has 1 aromatic heterocycles. The zero-order valence-electron chi connectivity index (χ0n) is 14.3. The van der Waals surface area contributed by atoms with E-state index in [1.807, 2.05) is 36.4 Å². The summed E-state index contributed by atoms with van der Waals surface area (Å²) in [4.78, 5) is 0.967. The normalized spacial score (nSPS) is 13.2. The molecule has 26 heavy (non-hydrogen) atoms. The number of hydrogen-bond acceptors (Lipinski definition) is 3. The highest BCUT2D eigenvalue weighted by atomic mass is 35.5. The largest absolute Gasteiger partial charge is 0.391 e. The number of rotatable bonds is 8. The lowest BCUT2D eigenvalue weighted by Gasteiger charge is -2.21. The van der Waals surface area contributed by atoms with Crippen molar-refractivity contribution >= 4 is 45.0 Å². The number of benzene rings is 2. The third-order valence-electron chi connectivity index (χ3n) is 4.64. The van der Waals surface area contributed by atoms with E-state index < -0.39 is 6.10 Å². The lowest BCUT2D eigenvalue weighted by atomic mass is 10.1. The van der Waals surface area contributed by atoms with E-state index in [2.05, 4.69) is 4.57 Å². The van der Waals surface area contributed by atoms with Crippen LogP contribution in [0.3, 0.4) is 0 Å². The molecule has 0 aliphatic carbocycles. The standard InChI is InChI=1S/C19H22Cl2N2O3/c20-13-1-3-18-16(9-13)17-10-14(21)2-4-19(17)23(18)12-15(26)11-22(5-7-24)6-8-25/h1-4,9-10,15,24-26H,5-8,11-12H2/p+1/t15-/m1/s1. The summed E-state index contributed by atoms with van der Waals surface area (Å²) in [6.07, 6.45) is -0.617. The molecule has 3 rings (SSSR count). The molecule has 2 aromatic carbocycles. The van der Waals surface area contributed by atoms with E-state index in [4.69, 9.17) is 33.4 Å². The Morgan fingerprint density at radius 3 is 1.85 bits per heavy atom. The maximum absolute atomic E-state index is 10.6. The Labute approximate surface area is 162 Å². The number of nitrogens with zero attached hydrogens (tertiary/aromatic N) is 1. The SMILES string of the molecule is OCC[NH+](CCO)C[C@@H](O)Cn1c2ccc(Cl)cc2c2cc(Cl)ccc21. The molecule has 0 bridgehead atoms. The highest BCUT2D eigenvalue weighted by molar-refractivity contribution is 6.33. The van der Waals surface area contributed by atoms with Gasteiger partial charge < -0.3 is 24.8 Å². The van der Waals surface area contributed by atoms with Crippen molar-refractivity contribution in [2.24, 2.45) is 0 Å². The molecule has 0 amide bonds. The van der Waals surface area contributed by atoms with Crippen LogP contribution in [0.15, 0.2) is 36.4 Å². The van der Waals surface area contributed by atoms with Crippen LogP contribution in [0, 0.1) is 0 Å². The first kappa shape index (κ1) is 19.4. The fourth-order valence-corrected chi connectivity index (χ4v) is 3.84. The van der Waals surface area contributed by atoms with E-state index in [0.717, 1.165) is 26.7 Å². The molecule has 1 heterocycles. The predicted octanol–water partition coefficient (Wildman–Crippen LogP) is 1.33. The van der Waals surface area contributed by atoms with E-state index >= 15 is 0 Å². The van der Waals surface area contributed by atoms with Crippen molar-refractivity contribution in [1.29, 1.82) is 0 Å². The monoisotopic (exact) mass is 397 g/mol. The molecule has 3 aromatic rings. The van der Waals surface area contributed by atoms with E-state index in [9.17, 15) is 5.11 Å². The molecule has 0 aliphatic heterocycles. The van der Waals surface area contributed by atoms with Gasteiger partial charge in [0.15, 0.2) is 0 Å². The van der Waals surface area contributed by atoms with Crippen molar-refractivity contribution in [1.82, 2.24) is 4.57 Å². The van der Waals surface area contributed by atoms with E-state index in [0.29, 0.717) is 36.2 Å². The maximum atomic E-state index is 10.6. The second-order valence-electron chi connectivity index (χ2n) is 6.49.